The average Bonchev–Trinajstić information content (AvgIpc) is 2.54. The maximum absolute atomic E-state index is 15.1. The first-order valence-electron chi connectivity index (χ1n) is 6.95. The second kappa shape index (κ2) is 8.03. The average molecular weight is 437 g/mol. The molecule has 2 aromatic rings. The summed E-state index contributed by atoms with van der Waals surface area (Å²) in [4.78, 5) is 3.73. The fraction of sp³-hybridized carbons (Fsp3) is 0.200. The third-order valence-electron chi connectivity index (χ3n) is 3.45. The number of nitrogens with two attached hydrogens (primary N) is 2. The Balaban J connectivity index is 2.50. The number of rotatable bonds is 6. The zero-order chi connectivity index (χ0) is 18.6. The highest BCUT2D eigenvalue weighted by Crippen LogP contribution is 2.42. The smallest absolute Gasteiger partial charge is 0.298 e. The summed E-state index contributed by atoms with van der Waals surface area (Å²) in [5.41, 5.74) is -0.770. The Morgan fingerprint density at radius 3 is 2.64 bits per heavy atom. The van der Waals surface area contributed by atoms with Crippen LogP contribution in [0.15, 0.2) is 46.1 Å². The highest BCUT2D eigenvalue weighted by molar-refractivity contribution is 9.10. The van der Waals surface area contributed by atoms with E-state index in [1.165, 1.54) is 24.4 Å². The first-order chi connectivity index (χ1) is 11.8. The maximum Gasteiger partial charge on any atom is 0.298 e. The molecule has 0 fully saturated rings. The SMILES string of the molecule is N/N=C\N(N)CC(c1ccc(Cl)cc1F)C(F)(F)c1ccc(Br)cn1. The van der Waals surface area contributed by atoms with Crippen molar-refractivity contribution in [2.75, 3.05) is 6.54 Å². The Labute approximate surface area is 155 Å². The molecule has 134 valence electrons. The fourth-order valence-corrected chi connectivity index (χ4v) is 2.68. The van der Waals surface area contributed by atoms with Gasteiger partial charge in [0.05, 0.1) is 5.92 Å². The molecule has 1 atom stereocenters. The van der Waals surface area contributed by atoms with Crippen molar-refractivity contribution >= 4 is 33.9 Å². The topological polar surface area (TPSA) is 80.5 Å². The molecule has 1 heterocycles. The van der Waals surface area contributed by atoms with Gasteiger partial charge in [0, 0.05) is 22.2 Å². The summed E-state index contributed by atoms with van der Waals surface area (Å²) in [5, 5.41) is 4.13. The first kappa shape index (κ1) is 19.5. The van der Waals surface area contributed by atoms with Crippen LogP contribution in [0, 0.1) is 5.82 Å². The highest BCUT2D eigenvalue weighted by atomic mass is 79.9. The molecular weight excluding hydrogens is 423 g/mol. The van der Waals surface area contributed by atoms with Crippen LogP contribution >= 0.6 is 27.5 Å². The van der Waals surface area contributed by atoms with Crippen molar-refractivity contribution in [1.29, 1.82) is 0 Å². The maximum atomic E-state index is 15.1. The summed E-state index contributed by atoms with van der Waals surface area (Å²) in [5.74, 6) is 4.54. The number of hydrazine groups is 1. The van der Waals surface area contributed by atoms with Crippen LogP contribution in [0.25, 0.3) is 0 Å². The number of alkyl halides is 2. The van der Waals surface area contributed by atoms with E-state index in [0.717, 1.165) is 23.5 Å². The van der Waals surface area contributed by atoms with E-state index in [2.05, 4.69) is 26.0 Å². The number of halogens is 5. The Morgan fingerprint density at radius 1 is 1.36 bits per heavy atom. The van der Waals surface area contributed by atoms with Gasteiger partial charge in [0.1, 0.15) is 17.8 Å². The molecule has 0 saturated heterocycles. The predicted octanol–water partition coefficient (Wildman–Crippen LogP) is 3.59. The van der Waals surface area contributed by atoms with Gasteiger partial charge >= 0.3 is 0 Å². The molecule has 1 aromatic carbocycles. The fourth-order valence-electron chi connectivity index (χ4n) is 2.29. The number of nitrogens with zero attached hydrogens (tertiary/aromatic N) is 3. The number of aromatic nitrogens is 1. The molecule has 0 aliphatic rings. The standard InChI is InChI=1S/C15H14BrClF3N5/c16-9-1-4-14(23-6-9)15(19,20)12(7-25(22)8-24-21)11-3-2-10(17)5-13(11)18/h1-6,8,12H,7,21-22H2/b24-8-. The van der Waals surface area contributed by atoms with Crippen LogP contribution in [-0.2, 0) is 5.92 Å². The molecule has 0 bridgehead atoms. The zero-order valence-electron chi connectivity index (χ0n) is 12.7. The highest BCUT2D eigenvalue weighted by Gasteiger charge is 2.45. The van der Waals surface area contributed by atoms with Crippen molar-refractivity contribution in [3.63, 3.8) is 0 Å². The monoisotopic (exact) mass is 435 g/mol. The summed E-state index contributed by atoms with van der Waals surface area (Å²) in [6, 6.07) is 6.07. The van der Waals surface area contributed by atoms with Gasteiger partial charge in [0.25, 0.3) is 5.92 Å². The molecule has 0 aliphatic carbocycles. The van der Waals surface area contributed by atoms with Crippen LogP contribution in [0.1, 0.15) is 17.2 Å². The normalized spacial score (nSPS) is 13.2. The van der Waals surface area contributed by atoms with Gasteiger partial charge in [-0.15, -0.1) is 0 Å². The lowest BCUT2D eigenvalue weighted by atomic mass is 9.89. The predicted molar refractivity (Wildman–Crippen MR) is 93.6 cm³/mol. The van der Waals surface area contributed by atoms with Gasteiger partial charge in [-0.1, -0.05) is 17.7 Å². The first-order valence-corrected chi connectivity index (χ1v) is 8.12. The minimum absolute atomic E-state index is 0.0956. The third kappa shape index (κ3) is 4.62. The summed E-state index contributed by atoms with van der Waals surface area (Å²) >= 11 is 8.84. The quantitative estimate of drug-likeness (QED) is 0.314. The Hall–Kier alpha value is -1.84. The molecule has 10 heteroatoms. The number of benzene rings is 1. The van der Waals surface area contributed by atoms with Crippen LogP contribution in [0.5, 0.6) is 0 Å². The minimum atomic E-state index is -3.52. The van der Waals surface area contributed by atoms with Gasteiger partial charge in [0.15, 0.2) is 0 Å². The van der Waals surface area contributed by atoms with E-state index < -0.39 is 29.9 Å². The van der Waals surface area contributed by atoms with Crippen molar-refractivity contribution in [3.05, 3.63) is 63.1 Å². The third-order valence-corrected chi connectivity index (χ3v) is 4.16. The van der Waals surface area contributed by atoms with E-state index in [1.807, 2.05) is 0 Å². The van der Waals surface area contributed by atoms with Crippen LogP contribution in [0.3, 0.4) is 0 Å². The molecule has 2 rings (SSSR count). The van der Waals surface area contributed by atoms with Gasteiger partial charge in [-0.2, -0.15) is 13.9 Å². The molecule has 25 heavy (non-hydrogen) atoms. The summed E-state index contributed by atoms with van der Waals surface area (Å²) in [6.07, 6.45) is 2.20. The lowest BCUT2D eigenvalue weighted by molar-refractivity contribution is -0.0443. The summed E-state index contributed by atoms with van der Waals surface area (Å²) < 4.78 is 45.0. The van der Waals surface area contributed by atoms with E-state index >= 15 is 8.78 Å². The number of hydrazone groups is 1. The van der Waals surface area contributed by atoms with E-state index in [0.29, 0.717) is 4.47 Å². The molecular formula is C15H14BrClF3N5. The summed E-state index contributed by atoms with van der Waals surface area (Å²) in [6.45, 7) is -0.454. The van der Waals surface area contributed by atoms with Crippen molar-refractivity contribution in [2.45, 2.75) is 11.8 Å². The van der Waals surface area contributed by atoms with Crippen LogP contribution in [0.2, 0.25) is 5.02 Å². The zero-order valence-corrected chi connectivity index (χ0v) is 15.1. The molecule has 0 spiro atoms. The van der Waals surface area contributed by atoms with E-state index in [4.69, 9.17) is 23.3 Å². The second-order valence-electron chi connectivity index (χ2n) is 5.16. The molecule has 0 radical (unpaired) electrons. The molecule has 0 amide bonds. The van der Waals surface area contributed by atoms with Gasteiger partial charge in [0.2, 0.25) is 0 Å². The van der Waals surface area contributed by atoms with Crippen LogP contribution in [-0.4, -0.2) is 22.9 Å². The Kier molecular flexibility index (Phi) is 6.26. The lowest BCUT2D eigenvalue weighted by Gasteiger charge is -2.29. The second-order valence-corrected chi connectivity index (χ2v) is 6.52. The van der Waals surface area contributed by atoms with Gasteiger partial charge in [-0.05, 0) is 45.8 Å². The van der Waals surface area contributed by atoms with E-state index in [9.17, 15) is 4.39 Å². The Bertz CT molecular complexity index is 757. The molecule has 4 N–H and O–H groups in total. The van der Waals surface area contributed by atoms with E-state index in [1.54, 1.807) is 0 Å². The van der Waals surface area contributed by atoms with Crippen molar-refractivity contribution < 1.29 is 13.2 Å². The summed E-state index contributed by atoms with van der Waals surface area (Å²) in [7, 11) is 0. The molecule has 0 aliphatic heterocycles. The minimum Gasteiger partial charge on any atom is -0.322 e. The van der Waals surface area contributed by atoms with Gasteiger partial charge in [-0.25, -0.2) is 10.2 Å². The number of hydrogen-bond acceptors (Lipinski definition) is 4. The van der Waals surface area contributed by atoms with Crippen molar-refractivity contribution in [3.8, 4) is 0 Å². The van der Waals surface area contributed by atoms with E-state index in [-0.39, 0.29) is 10.6 Å². The van der Waals surface area contributed by atoms with Crippen LogP contribution in [0.4, 0.5) is 13.2 Å². The number of pyridine rings is 1. The molecule has 5 nitrogen and oxygen atoms in total. The number of hydrogen-bond donors (Lipinski definition) is 2. The van der Waals surface area contributed by atoms with Crippen molar-refractivity contribution in [2.24, 2.45) is 16.8 Å². The van der Waals surface area contributed by atoms with Gasteiger partial charge < -0.3 is 5.84 Å². The molecule has 1 unspecified atom stereocenters. The van der Waals surface area contributed by atoms with Crippen molar-refractivity contribution in [1.82, 2.24) is 9.99 Å². The molecule has 0 saturated carbocycles. The lowest BCUT2D eigenvalue weighted by Crippen LogP contribution is -2.40. The largest absolute Gasteiger partial charge is 0.322 e. The molecule has 1 aromatic heterocycles. The van der Waals surface area contributed by atoms with Crippen LogP contribution < -0.4 is 11.7 Å². The van der Waals surface area contributed by atoms with Gasteiger partial charge in [-0.3, -0.25) is 9.99 Å². The Morgan fingerprint density at radius 2 is 2.08 bits per heavy atom.